The zero-order valence-electron chi connectivity index (χ0n) is 7.46. The van der Waals surface area contributed by atoms with Crippen molar-refractivity contribution in [3.05, 3.63) is 27.3 Å². The third-order valence-corrected chi connectivity index (χ3v) is 3.03. The molecular formula is C10H10INO2. The van der Waals surface area contributed by atoms with Gasteiger partial charge in [-0.2, -0.15) is 0 Å². The Labute approximate surface area is 95.7 Å². The van der Waals surface area contributed by atoms with Crippen molar-refractivity contribution in [3.8, 4) is 5.75 Å². The monoisotopic (exact) mass is 303 g/mol. The highest BCUT2D eigenvalue weighted by molar-refractivity contribution is 14.1. The fraction of sp³-hybridized carbons (Fsp3) is 0.300. The van der Waals surface area contributed by atoms with Crippen LogP contribution < -0.4 is 5.32 Å². The molecule has 2 N–H and O–H groups in total. The van der Waals surface area contributed by atoms with Crippen molar-refractivity contribution in [1.29, 1.82) is 0 Å². The van der Waals surface area contributed by atoms with Gasteiger partial charge in [0.2, 0.25) is 0 Å². The molecule has 1 aliphatic carbocycles. The molecule has 1 saturated carbocycles. The van der Waals surface area contributed by atoms with Crippen molar-refractivity contribution in [2.24, 2.45) is 0 Å². The first-order valence-electron chi connectivity index (χ1n) is 4.46. The van der Waals surface area contributed by atoms with Gasteiger partial charge in [0.05, 0.1) is 3.57 Å². The molecule has 3 nitrogen and oxygen atoms in total. The summed E-state index contributed by atoms with van der Waals surface area (Å²) in [5, 5.41) is 12.3. The maximum absolute atomic E-state index is 11.5. The number of aromatic hydroxyl groups is 1. The summed E-state index contributed by atoms with van der Waals surface area (Å²) in [6, 6.07) is 5.31. The van der Waals surface area contributed by atoms with E-state index in [2.05, 4.69) is 5.32 Å². The molecule has 0 heterocycles. The van der Waals surface area contributed by atoms with Crippen LogP contribution in [0.3, 0.4) is 0 Å². The lowest BCUT2D eigenvalue weighted by molar-refractivity contribution is 0.0950. The number of hydrogen-bond acceptors (Lipinski definition) is 2. The Balaban J connectivity index is 2.14. The topological polar surface area (TPSA) is 49.3 Å². The highest BCUT2D eigenvalue weighted by Crippen LogP contribution is 2.22. The number of hydrogen-bond donors (Lipinski definition) is 2. The molecule has 74 valence electrons. The summed E-state index contributed by atoms with van der Waals surface area (Å²) >= 11 is 2.02. The van der Waals surface area contributed by atoms with E-state index in [4.69, 9.17) is 0 Å². The summed E-state index contributed by atoms with van der Waals surface area (Å²) in [6.07, 6.45) is 2.14. The number of benzene rings is 1. The molecule has 1 aromatic carbocycles. The lowest BCUT2D eigenvalue weighted by Crippen LogP contribution is -2.25. The van der Waals surface area contributed by atoms with Gasteiger partial charge in [0.25, 0.3) is 5.91 Å². The minimum absolute atomic E-state index is 0.0980. The number of amides is 1. The van der Waals surface area contributed by atoms with Gasteiger partial charge in [-0.25, -0.2) is 0 Å². The number of phenolic OH excluding ortho intramolecular Hbond substituents is 1. The largest absolute Gasteiger partial charge is 0.507 e. The minimum atomic E-state index is -0.0980. The Morgan fingerprint density at radius 1 is 1.50 bits per heavy atom. The molecule has 0 saturated heterocycles. The van der Waals surface area contributed by atoms with Gasteiger partial charge in [0, 0.05) is 11.6 Å². The molecule has 0 spiro atoms. The summed E-state index contributed by atoms with van der Waals surface area (Å²) in [5.41, 5.74) is 0.523. The van der Waals surface area contributed by atoms with Crippen molar-refractivity contribution in [1.82, 2.24) is 5.32 Å². The van der Waals surface area contributed by atoms with Crippen LogP contribution in [-0.4, -0.2) is 17.1 Å². The second-order valence-corrected chi connectivity index (χ2v) is 4.58. The molecule has 1 aliphatic rings. The van der Waals surface area contributed by atoms with Gasteiger partial charge < -0.3 is 10.4 Å². The van der Waals surface area contributed by atoms with Crippen LogP contribution in [-0.2, 0) is 0 Å². The third-order valence-electron chi connectivity index (χ3n) is 2.12. The summed E-state index contributed by atoms with van der Waals surface area (Å²) in [6.45, 7) is 0. The zero-order chi connectivity index (χ0) is 10.1. The summed E-state index contributed by atoms with van der Waals surface area (Å²) < 4.78 is 0.755. The first-order valence-corrected chi connectivity index (χ1v) is 5.54. The molecule has 1 fully saturated rings. The molecule has 0 aliphatic heterocycles. The second kappa shape index (κ2) is 3.76. The molecule has 0 aromatic heterocycles. The van der Waals surface area contributed by atoms with Crippen molar-refractivity contribution in [2.75, 3.05) is 0 Å². The zero-order valence-corrected chi connectivity index (χ0v) is 9.61. The molecule has 0 bridgehead atoms. The highest BCUT2D eigenvalue weighted by atomic mass is 127. The van der Waals surface area contributed by atoms with Gasteiger partial charge in [-0.3, -0.25) is 4.79 Å². The smallest absolute Gasteiger partial charge is 0.251 e. The molecule has 1 amide bonds. The predicted molar refractivity (Wildman–Crippen MR) is 61.3 cm³/mol. The van der Waals surface area contributed by atoms with E-state index in [1.165, 1.54) is 6.07 Å². The van der Waals surface area contributed by atoms with E-state index >= 15 is 0 Å². The van der Waals surface area contributed by atoms with Crippen molar-refractivity contribution in [2.45, 2.75) is 18.9 Å². The average molecular weight is 303 g/mol. The fourth-order valence-electron chi connectivity index (χ4n) is 1.15. The predicted octanol–water partition coefficient (Wildman–Crippen LogP) is 1.89. The SMILES string of the molecule is O=C(NC1CC1)c1ccc(I)c(O)c1. The first kappa shape index (κ1) is 9.76. The fourth-order valence-corrected chi connectivity index (χ4v) is 1.49. The Morgan fingerprint density at radius 2 is 2.21 bits per heavy atom. The lowest BCUT2D eigenvalue weighted by Gasteiger charge is -2.04. The molecule has 14 heavy (non-hydrogen) atoms. The average Bonchev–Trinajstić information content (AvgIpc) is 2.93. The Kier molecular flexibility index (Phi) is 2.62. The molecule has 2 rings (SSSR count). The maximum Gasteiger partial charge on any atom is 0.251 e. The number of nitrogens with one attached hydrogen (secondary N) is 1. The number of phenols is 1. The Hall–Kier alpha value is -0.780. The van der Waals surface area contributed by atoms with Gasteiger partial charge in [-0.1, -0.05) is 0 Å². The van der Waals surface area contributed by atoms with Crippen LogP contribution in [0.4, 0.5) is 0 Å². The van der Waals surface area contributed by atoms with Gasteiger partial charge in [0.15, 0.2) is 0 Å². The highest BCUT2D eigenvalue weighted by Gasteiger charge is 2.23. The van der Waals surface area contributed by atoms with Crippen molar-refractivity contribution < 1.29 is 9.90 Å². The number of halogens is 1. The second-order valence-electron chi connectivity index (χ2n) is 3.41. The van der Waals surface area contributed by atoms with Gasteiger partial charge in [-0.05, 0) is 53.6 Å². The van der Waals surface area contributed by atoms with Crippen LogP contribution in [0.1, 0.15) is 23.2 Å². The van der Waals surface area contributed by atoms with Gasteiger partial charge >= 0.3 is 0 Å². The van der Waals surface area contributed by atoms with Crippen LogP contribution in [0.15, 0.2) is 18.2 Å². The summed E-state index contributed by atoms with van der Waals surface area (Å²) in [7, 11) is 0. The van der Waals surface area contributed by atoms with E-state index in [1.807, 2.05) is 22.6 Å². The molecule has 4 heteroatoms. The minimum Gasteiger partial charge on any atom is -0.507 e. The maximum atomic E-state index is 11.5. The van der Waals surface area contributed by atoms with Crippen molar-refractivity contribution in [3.63, 3.8) is 0 Å². The van der Waals surface area contributed by atoms with E-state index in [0.717, 1.165) is 16.4 Å². The van der Waals surface area contributed by atoms with Crippen LogP contribution in [0, 0.1) is 3.57 Å². The van der Waals surface area contributed by atoms with E-state index in [1.54, 1.807) is 12.1 Å². The van der Waals surface area contributed by atoms with E-state index in [9.17, 15) is 9.90 Å². The van der Waals surface area contributed by atoms with Crippen LogP contribution in [0.5, 0.6) is 5.75 Å². The molecule has 0 atom stereocenters. The quantitative estimate of drug-likeness (QED) is 0.820. The van der Waals surface area contributed by atoms with E-state index < -0.39 is 0 Å². The van der Waals surface area contributed by atoms with Crippen LogP contribution in [0.25, 0.3) is 0 Å². The van der Waals surface area contributed by atoms with Crippen LogP contribution >= 0.6 is 22.6 Å². The summed E-state index contributed by atoms with van der Waals surface area (Å²) in [5.74, 6) is 0.0632. The number of carbonyl (C=O) groups excluding carboxylic acids is 1. The molecule has 1 aromatic rings. The van der Waals surface area contributed by atoms with E-state index in [-0.39, 0.29) is 11.7 Å². The van der Waals surface area contributed by atoms with Gasteiger partial charge in [0.1, 0.15) is 5.75 Å². The van der Waals surface area contributed by atoms with E-state index in [0.29, 0.717) is 11.6 Å². The summed E-state index contributed by atoms with van der Waals surface area (Å²) in [4.78, 5) is 11.5. The number of carbonyl (C=O) groups is 1. The Bertz CT molecular complexity index is 374. The molecule has 0 unspecified atom stereocenters. The lowest BCUT2D eigenvalue weighted by atomic mass is 10.2. The molecular weight excluding hydrogens is 293 g/mol. The van der Waals surface area contributed by atoms with Gasteiger partial charge in [-0.15, -0.1) is 0 Å². The standard InChI is InChI=1S/C10H10INO2/c11-8-4-1-6(5-9(8)13)10(14)12-7-2-3-7/h1,4-5,7,13H,2-3H2,(H,12,14). The number of rotatable bonds is 2. The Morgan fingerprint density at radius 3 is 2.79 bits per heavy atom. The normalized spacial score (nSPS) is 15.2. The van der Waals surface area contributed by atoms with Crippen molar-refractivity contribution >= 4 is 28.5 Å². The molecule has 0 radical (unpaired) electrons. The third kappa shape index (κ3) is 2.17. The first-order chi connectivity index (χ1) is 6.66. The van der Waals surface area contributed by atoms with Crippen LogP contribution in [0.2, 0.25) is 0 Å².